The minimum atomic E-state index is -0.220. The lowest BCUT2D eigenvalue weighted by molar-refractivity contribution is 0.0953. The van der Waals surface area contributed by atoms with Crippen molar-refractivity contribution in [3.8, 4) is 5.75 Å². The first-order valence-corrected chi connectivity index (χ1v) is 6.75. The van der Waals surface area contributed by atoms with Crippen LogP contribution < -0.4 is 5.32 Å². The molecule has 0 radical (unpaired) electrons. The number of nitrogens with one attached hydrogen (secondary N) is 1. The minimum absolute atomic E-state index is 0.111. The van der Waals surface area contributed by atoms with E-state index in [9.17, 15) is 9.90 Å². The Morgan fingerprint density at radius 1 is 1.53 bits per heavy atom. The van der Waals surface area contributed by atoms with E-state index in [1.807, 2.05) is 22.6 Å². The fraction of sp³-hybridized carbons (Fsp3) is 0.250. The third-order valence-corrected chi connectivity index (χ3v) is 3.40. The fourth-order valence-corrected chi connectivity index (χ4v) is 1.88. The summed E-state index contributed by atoms with van der Waals surface area (Å²) in [6, 6.07) is 4.83. The second kappa shape index (κ2) is 6.00. The first-order chi connectivity index (χ1) is 9.06. The highest BCUT2D eigenvalue weighted by Crippen LogP contribution is 2.20. The van der Waals surface area contributed by atoms with Gasteiger partial charge in [0.1, 0.15) is 12.1 Å². The van der Waals surface area contributed by atoms with Crippen LogP contribution in [0, 0.1) is 3.57 Å². The Hall–Kier alpha value is -1.64. The van der Waals surface area contributed by atoms with Crippen molar-refractivity contribution >= 4 is 28.5 Å². The molecule has 1 amide bonds. The lowest BCUT2D eigenvalue weighted by Crippen LogP contribution is -2.26. The van der Waals surface area contributed by atoms with Gasteiger partial charge in [0.2, 0.25) is 0 Å². The molecule has 2 aromatic rings. The highest BCUT2D eigenvalue weighted by Gasteiger charge is 2.08. The molecule has 0 saturated carbocycles. The summed E-state index contributed by atoms with van der Waals surface area (Å²) in [7, 11) is 1.80. The van der Waals surface area contributed by atoms with Crippen LogP contribution in [0.25, 0.3) is 0 Å². The van der Waals surface area contributed by atoms with Crippen molar-refractivity contribution in [1.82, 2.24) is 20.1 Å². The molecule has 0 atom stereocenters. The van der Waals surface area contributed by atoms with Crippen molar-refractivity contribution in [2.75, 3.05) is 6.54 Å². The van der Waals surface area contributed by atoms with E-state index in [-0.39, 0.29) is 11.7 Å². The zero-order chi connectivity index (χ0) is 13.8. The largest absolute Gasteiger partial charge is 0.507 e. The van der Waals surface area contributed by atoms with Gasteiger partial charge in [0.15, 0.2) is 5.82 Å². The molecule has 7 heteroatoms. The van der Waals surface area contributed by atoms with Crippen molar-refractivity contribution in [2.24, 2.45) is 7.05 Å². The number of phenols is 1. The van der Waals surface area contributed by atoms with Gasteiger partial charge in [-0.3, -0.25) is 9.48 Å². The zero-order valence-corrected chi connectivity index (χ0v) is 12.5. The van der Waals surface area contributed by atoms with Crippen LogP contribution in [0.2, 0.25) is 0 Å². The van der Waals surface area contributed by atoms with Gasteiger partial charge < -0.3 is 10.4 Å². The van der Waals surface area contributed by atoms with E-state index in [1.165, 1.54) is 6.07 Å². The number of carbonyl (C=O) groups excluding carboxylic acids is 1. The molecule has 1 heterocycles. The Labute approximate surface area is 124 Å². The molecular formula is C12H13IN4O2. The number of aromatic nitrogens is 3. The van der Waals surface area contributed by atoms with Gasteiger partial charge in [-0.05, 0) is 40.8 Å². The normalized spacial score (nSPS) is 10.4. The average molecular weight is 372 g/mol. The molecule has 2 N–H and O–H groups in total. The van der Waals surface area contributed by atoms with Gasteiger partial charge >= 0.3 is 0 Å². The maximum atomic E-state index is 11.8. The smallest absolute Gasteiger partial charge is 0.251 e. The Balaban J connectivity index is 1.89. The van der Waals surface area contributed by atoms with Gasteiger partial charge in [-0.1, -0.05) is 0 Å². The van der Waals surface area contributed by atoms with Crippen molar-refractivity contribution in [3.05, 3.63) is 39.5 Å². The van der Waals surface area contributed by atoms with Gasteiger partial charge in [0.05, 0.1) is 3.57 Å². The molecule has 1 aromatic heterocycles. The number of nitrogens with zero attached hydrogens (tertiary/aromatic N) is 3. The predicted octanol–water partition coefficient (Wildman–Crippen LogP) is 1.10. The molecule has 2 rings (SSSR count). The number of hydrogen-bond donors (Lipinski definition) is 2. The van der Waals surface area contributed by atoms with E-state index >= 15 is 0 Å². The topological polar surface area (TPSA) is 80.0 Å². The molecule has 0 aliphatic heterocycles. The third-order valence-electron chi connectivity index (χ3n) is 2.49. The third kappa shape index (κ3) is 3.66. The molecule has 19 heavy (non-hydrogen) atoms. The summed E-state index contributed by atoms with van der Waals surface area (Å²) in [5.41, 5.74) is 0.437. The van der Waals surface area contributed by atoms with Gasteiger partial charge in [0.25, 0.3) is 5.91 Å². The molecule has 0 spiro atoms. The minimum Gasteiger partial charge on any atom is -0.507 e. The van der Waals surface area contributed by atoms with Crippen molar-refractivity contribution in [2.45, 2.75) is 6.42 Å². The molecule has 100 valence electrons. The first-order valence-electron chi connectivity index (χ1n) is 5.67. The number of halogens is 1. The summed E-state index contributed by atoms with van der Waals surface area (Å²) in [4.78, 5) is 15.9. The van der Waals surface area contributed by atoms with Crippen LogP contribution in [0.1, 0.15) is 16.2 Å². The number of rotatable bonds is 4. The van der Waals surface area contributed by atoms with Crippen molar-refractivity contribution < 1.29 is 9.90 Å². The number of phenolic OH excluding ortho intramolecular Hbond substituents is 1. The lowest BCUT2D eigenvalue weighted by Gasteiger charge is -2.05. The molecule has 1 aromatic carbocycles. The van der Waals surface area contributed by atoms with E-state index < -0.39 is 0 Å². The number of benzene rings is 1. The maximum Gasteiger partial charge on any atom is 0.251 e. The van der Waals surface area contributed by atoms with E-state index in [2.05, 4.69) is 15.4 Å². The summed E-state index contributed by atoms with van der Waals surface area (Å²) < 4.78 is 2.33. The molecule has 0 bridgehead atoms. The average Bonchev–Trinajstić information content (AvgIpc) is 2.78. The monoisotopic (exact) mass is 372 g/mol. The van der Waals surface area contributed by atoms with Crippen molar-refractivity contribution in [3.63, 3.8) is 0 Å². The van der Waals surface area contributed by atoms with E-state index in [1.54, 1.807) is 30.2 Å². The maximum absolute atomic E-state index is 11.8. The number of aromatic hydroxyl groups is 1. The van der Waals surface area contributed by atoms with Crippen LogP contribution in [0.5, 0.6) is 5.75 Å². The van der Waals surface area contributed by atoms with Crippen LogP contribution in [-0.4, -0.2) is 32.3 Å². The number of aryl methyl sites for hydroxylation is 1. The van der Waals surface area contributed by atoms with Gasteiger partial charge in [-0.15, -0.1) is 0 Å². The zero-order valence-electron chi connectivity index (χ0n) is 10.3. The van der Waals surface area contributed by atoms with Crippen LogP contribution in [-0.2, 0) is 13.5 Å². The van der Waals surface area contributed by atoms with Crippen LogP contribution in [0.4, 0.5) is 0 Å². The molecule has 6 nitrogen and oxygen atoms in total. The highest BCUT2D eigenvalue weighted by atomic mass is 127. The van der Waals surface area contributed by atoms with Gasteiger partial charge in [0, 0.05) is 25.6 Å². The number of carbonyl (C=O) groups is 1. The summed E-state index contributed by atoms with van der Waals surface area (Å²) >= 11 is 2.00. The second-order valence-electron chi connectivity index (χ2n) is 4.01. The van der Waals surface area contributed by atoms with Gasteiger partial charge in [-0.2, -0.15) is 5.10 Å². The van der Waals surface area contributed by atoms with Crippen LogP contribution >= 0.6 is 22.6 Å². The molecule has 0 aliphatic rings. The SMILES string of the molecule is Cn1cnc(CCNC(=O)c2ccc(I)c(O)c2)n1. The molecule has 0 fully saturated rings. The Morgan fingerprint density at radius 2 is 2.32 bits per heavy atom. The summed E-state index contributed by atoms with van der Waals surface area (Å²) in [5, 5.41) is 16.4. The molecule has 0 saturated heterocycles. The standard InChI is InChI=1S/C12H13IN4O2/c1-17-7-15-11(16-17)4-5-14-12(19)8-2-3-9(13)10(18)6-8/h2-3,6-7,18H,4-5H2,1H3,(H,14,19). The number of amides is 1. The molecule has 0 unspecified atom stereocenters. The van der Waals surface area contributed by atoms with E-state index in [0.29, 0.717) is 27.9 Å². The summed E-state index contributed by atoms with van der Waals surface area (Å²) in [6.45, 7) is 0.454. The van der Waals surface area contributed by atoms with Crippen LogP contribution in [0.3, 0.4) is 0 Å². The highest BCUT2D eigenvalue weighted by molar-refractivity contribution is 14.1. The predicted molar refractivity (Wildman–Crippen MR) is 77.9 cm³/mol. The fourth-order valence-electron chi connectivity index (χ4n) is 1.54. The van der Waals surface area contributed by atoms with E-state index in [0.717, 1.165) is 0 Å². The summed E-state index contributed by atoms with van der Waals surface area (Å²) in [6.07, 6.45) is 2.19. The second-order valence-corrected chi connectivity index (χ2v) is 5.17. The Bertz CT molecular complexity index is 597. The molecular weight excluding hydrogens is 359 g/mol. The Kier molecular flexibility index (Phi) is 4.35. The number of hydrogen-bond acceptors (Lipinski definition) is 4. The van der Waals surface area contributed by atoms with Gasteiger partial charge in [-0.25, -0.2) is 4.98 Å². The van der Waals surface area contributed by atoms with Crippen molar-refractivity contribution in [1.29, 1.82) is 0 Å². The lowest BCUT2D eigenvalue weighted by atomic mass is 10.2. The molecule has 0 aliphatic carbocycles. The van der Waals surface area contributed by atoms with E-state index in [4.69, 9.17) is 0 Å². The Morgan fingerprint density at radius 3 is 2.95 bits per heavy atom. The van der Waals surface area contributed by atoms with Crippen LogP contribution in [0.15, 0.2) is 24.5 Å². The first kappa shape index (κ1) is 13.8. The quantitative estimate of drug-likeness (QED) is 0.788. The summed E-state index contributed by atoms with van der Waals surface area (Å²) in [5.74, 6) is 0.579.